The molecule has 0 spiro atoms. The number of hydrogen-bond donors (Lipinski definition) is 2. The van der Waals surface area contributed by atoms with E-state index in [-0.39, 0.29) is 13.2 Å². The lowest BCUT2D eigenvalue weighted by atomic mass is 10.1. The topological polar surface area (TPSA) is 66.8 Å². The fraction of sp³-hybridized carbons (Fsp3) is 0.889. The van der Waals surface area contributed by atoms with E-state index in [2.05, 4.69) is 6.92 Å². The molecule has 4 nitrogen and oxygen atoms in total. The van der Waals surface area contributed by atoms with Crippen molar-refractivity contribution < 1.29 is 19.7 Å². The largest absolute Gasteiger partial charge is 0.460 e. The summed E-state index contributed by atoms with van der Waals surface area (Å²) in [4.78, 5) is 9.95. The minimum Gasteiger partial charge on any atom is -0.460 e. The molecule has 0 aliphatic heterocycles. The second-order valence-corrected chi connectivity index (χ2v) is 9.92. The highest BCUT2D eigenvalue weighted by atomic mass is 32.2. The molecule has 0 radical (unpaired) electrons. The second kappa shape index (κ2) is 16.4. The highest BCUT2D eigenvalue weighted by Crippen LogP contribution is 2.30. The molecule has 0 heterocycles. The summed E-state index contributed by atoms with van der Waals surface area (Å²) in [6.45, 7) is 3.23. The molecule has 25 heavy (non-hydrogen) atoms. The van der Waals surface area contributed by atoms with E-state index < -0.39 is 10.9 Å². The SMILES string of the molecule is CCCCCCCCCCCCSC(=S)SC(C)(O)C(=O)OCCO. The Morgan fingerprint density at radius 1 is 1.04 bits per heavy atom. The van der Waals surface area contributed by atoms with E-state index in [9.17, 15) is 9.90 Å². The summed E-state index contributed by atoms with van der Waals surface area (Å²) in [6, 6.07) is 0. The Labute approximate surface area is 166 Å². The number of esters is 1. The quantitative estimate of drug-likeness (QED) is 0.172. The maximum atomic E-state index is 11.6. The number of thioether (sulfide) groups is 2. The minimum atomic E-state index is -1.70. The summed E-state index contributed by atoms with van der Waals surface area (Å²) < 4.78 is 5.28. The molecule has 7 heteroatoms. The number of carbonyl (C=O) groups excluding carboxylic acids is 1. The molecule has 1 unspecified atom stereocenters. The number of thiocarbonyl (C=S) groups is 1. The first-order valence-electron chi connectivity index (χ1n) is 9.30. The van der Waals surface area contributed by atoms with Crippen LogP contribution in [0.5, 0.6) is 0 Å². The average Bonchev–Trinajstić information content (AvgIpc) is 2.57. The number of aliphatic hydroxyl groups is 2. The lowest BCUT2D eigenvalue weighted by Crippen LogP contribution is -2.34. The normalized spacial score (nSPS) is 13.4. The van der Waals surface area contributed by atoms with Crippen molar-refractivity contribution in [3.8, 4) is 0 Å². The van der Waals surface area contributed by atoms with Crippen LogP contribution in [0.15, 0.2) is 0 Å². The molecular formula is C18H34O4S3. The lowest BCUT2D eigenvalue weighted by Gasteiger charge is -2.20. The third kappa shape index (κ3) is 15.0. The monoisotopic (exact) mass is 410 g/mol. The van der Waals surface area contributed by atoms with Gasteiger partial charge in [0.15, 0.2) is 0 Å². The Balaban J connectivity index is 3.59. The van der Waals surface area contributed by atoms with E-state index in [4.69, 9.17) is 22.1 Å². The van der Waals surface area contributed by atoms with E-state index in [1.54, 1.807) is 0 Å². The van der Waals surface area contributed by atoms with Crippen LogP contribution in [0.4, 0.5) is 0 Å². The first kappa shape index (κ1) is 25.2. The number of ether oxygens (including phenoxy) is 1. The van der Waals surface area contributed by atoms with Crippen molar-refractivity contribution in [3.05, 3.63) is 0 Å². The minimum absolute atomic E-state index is 0.117. The maximum absolute atomic E-state index is 11.6. The molecule has 2 N–H and O–H groups in total. The highest BCUT2D eigenvalue weighted by molar-refractivity contribution is 8.47. The van der Waals surface area contributed by atoms with Gasteiger partial charge in [-0.25, -0.2) is 4.79 Å². The summed E-state index contributed by atoms with van der Waals surface area (Å²) in [5, 5.41) is 18.7. The molecule has 0 aromatic carbocycles. The number of rotatable bonds is 15. The van der Waals surface area contributed by atoms with Gasteiger partial charge in [0.1, 0.15) is 10.1 Å². The summed E-state index contributed by atoms with van der Waals surface area (Å²) >= 11 is 7.65. The van der Waals surface area contributed by atoms with Crippen LogP contribution >= 0.6 is 35.7 Å². The van der Waals surface area contributed by atoms with Gasteiger partial charge in [0, 0.05) is 0 Å². The van der Waals surface area contributed by atoms with Crippen LogP contribution in [0.1, 0.15) is 78.1 Å². The molecular weight excluding hydrogens is 376 g/mol. The second-order valence-electron chi connectivity index (χ2n) is 6.22. The number of aliphatic hydroxyl groups excluding tert-OH is 1. The average molecular weight is 411 g/mol. The van der Waals surface area contributed by atoms with E-state index in [0.29, 0.717) is 3.53 Å². The molecule has 0 rings (SSSR count). The Hall–Kier alpha value is 0.180. The van der Waals surface area contributed by atoms with Gasteiger partial charge in [-0.05, 0) is 19.1 Å². The van der Waals surface area contributed by atoms with E-state index >= 15 is 0 Å². The molecule has 148 valence electrons. The van der Waals surface area contributed by atoms with Crippen molar-refractivity contribution in [2.45, 2.75) is 83.0 Å². The van der Waals surface area contributed by atoms with Crippen LogP contribution < -0.4 is 0 Å². The lowest BCUT2D eigenvalue weighted by molar-refractivity contribution is -0.156. The van der Waals surface area contributed by atoms with Crippen LogP contribution in [-0.4, -0.2) is 43.6 Å². The molecule has 0 amide bonds. The Bertz CT molecular complexity index is 362. The van der Waals surface area contributed by atoms with Gasteiger partial charge in [0.05, 0.1) is 6.61 Å². The van der Waals surface area contributed by atoms with Crippen molar-refractivity contribution in [2.75, 3.05) is 19.0 Å². The van der Waals surface area contributed by atoms with Gasteiger partial charge in [-0.15, -0.1) is 11.8 Å². The molecule has 0 aromatic rings. The van der Waals surface area contributed by atoms with Crippen LogP contribution in [0.2, 0.25) is 0 Å². The van der Waals surface area contributed by atoms with Gasteiger partial charge < -0.3 is 14.9 Å². The van der Waals surface area contributed by atoms with E-state index in [0.717, 1.165) is 23.9 Å². The van der Waals surface area contributed by atoms with Gasteiger partial charge in [-0.1, -0.05) is 88.7 Å². The molecule has 0 aromatic heterocycles. The summed E-state index contributed by atoms with van der Waals surface area (Å²) in [5.74, 6) is 0.137. The van der Waals surface area contributed by atoms with Crippen LogP contribution in [0, 0.1) is 0 Å². The zero-order chi connectivity index (χ0) is 19.0. The number of carbonyl (C=O) groups is 1. The first-order chi connectivity index (χ1) is 11.9. The van der Waals surface area contributed by atoms with Crippen LogP contribution in [-0.2, 0) is 9.53 Å². The van der Waals surface area contributed by atoms with Crippen LogP contribution in [0.3, 0.4) is 0 Å². The summed E-state index contributed by atoms with van der Waals surface area (Å²) in [7, 11) is 0. The smallest absolute Gasteiger partial charge is 0.349 e. The molecule has 0 fully saturated rings. The number of unbranched alkanes of at least 4 members (excludes halogenated alkanes) is 9. The Morgan fingerprint density at radius 2 is 1.56 bits per heavy atom. The number of hydrogen-bond acceptors (Lipinski definition) is 7. The molecule has 1 atom stereocenters. The fourth-order valence-electron chi connectivity index (χ4n) is 2.25. The van der Waals surface area contributed by atoms with E-state index in [1.807, 2.05) is 0 Å². The highest BCUT2D eigenvalue weighted by Gasteiger charge is 2.34. The van der Waals surface area contributed by atoms with Crippen LogP contribution in [0.25, 0.3) is 0 Å². The van der Waals surface area contributed by atoms with Gasteiger partial charge in [-0.2, -0.15) is 0 Å². The van der Waals surface area contributed by atoms with Gasteiger partial charge in [0.2, 0.25) is 4.93 Å². The van der Waals surface area contributed by atoms with Gasteiger partial charge >= 0.3 is 5.97 Å². The Morgan fingerprint density at radius 3 is 2.08 bits per heavy atom. The molecule has 0 aliphatic carbocycles. The molecule has 0 saturated carbocycles. The molecule has 0 aliphatic rings. The summed E-state index contributed by atoms with van der Waals surface area (Å²) in [6.07, 6.45) is 13.0. The van der Waals surface area contributed by atoms with Crippen molar-refractivity contribution in [1.29, 1.82) is 0 Å². The van der Waals surface area contributed by atoms with Crippen molar-refractivity contribution in [2.24, 2.45) is 0 Å². The zero-order valence-electron chi connectivity index (χ0n) is 15.6. The van der Waals surface area contributed by atoms with Crippen molar-refractivity contribution in [1.82, 2.24) is 0 Å². The predicted octanol–water partition coefficient (Wildman–Crippen LogP) is 4.90. The van der Waals surface area contributed by atoms with Gasteiger partial charge in [0.25, 0.3) is 0 Å². The van der Waals surface area contributed by atoms with Crippen molar-refractivity contribution >= 4 is 45.2 Å². The molecule has 0 bridgehead atoms. The fourth-order valence-corrected chi connectivity index (χ4v) is 4.94. The standard InChI is InChI=1S/C18H34O4S3/c1-3-4-5-6-7-8-9-10-11-12-15-24-17(23)25-18(2,21)16(20)22-14-13-19/h19,21H,3-15H2,1-2H3. The third-order valence-electron chi connectivity index (χ3n) is 3.70. The first-order valence-corrected chi connectivity index (χ1v) is 11.5. The Kier molecular flexibility index (Phi) is 16.5. The summed E-state index contributed by atoms with van der Waals surface area (Å²) in [5.41, 5.74) is 0. The zero-order valence-corrected chi connectivity index (χ0v) is 18.1. The maximum Gasteiger partial charge on any atom is 0.349 e. The van der Waals surface area contributed by atoms with Gasteiger partial charge in [-0.3, -0.25) is 0 Å². The van der Waals surface area contributed by atoms with E-state index in [1.165, 1.54) is 76.5 Å². The predicted molar refractivity (Wildman–Crippen MR) is 113 cm³/mol. The van der Waals surface area contributed by atoms with Crippen molar-refractivity contribution in [3.63, 3.8) is 0 Å². The third-order valence-corrected chi connectivity index (χ3v) is 6.37. The molecule has 0 saturated heterocycles.